The Balaban J connectivity index is 1.81. The minimum Gasteiger partial charge on any atom is -0.381 e. The number of hydrogen-bond donors (Lipinski definition) is 1. The van der Waals surface area contributed by atoms with E-state index in [1.165, 1.54) is 12.8 Å². The highest BCUT2D eigenvalue weighted by Gasteiger charge is 2.41. The predicted molar refractivity (Wildman–Crippen MR) is 76.8 cm³/mol. The SMILES string of the molecule is CCOC1(c2noc(C3CCCCC3N)n2)CCOCC1. The second-order valence-corrected chi connectivity index (χ2v) is 6.05. The Morgan fingerprint density at radius 1 is 1.29 bits per heavy atom. The molecule has 0 bridgehead atoms. The molecule has 1 saturated heterocycles. The topological polar surface area (TPSA) is 83.4 Å². The van der Waals surface area contributed by atoms with E-state index >= 15 is 0 Å². The Labute approximate surface area is 125 Å². The third-order valence-electron chi connectivity index (χ3n) is 4.71. The van der Waals surface area contributed by atoms with Gasteiger partial charge in [-0.1, -0.05) is 18.0 Å². The van der Waals surface area contributed by atoms with Gasteiger partial charge < -0.3 is 19.7 Å². The number of rotatable bonds is 4. The predicted octanol–water partition coefficient (Wildman–Crippen LogP) is 2.10. The molecule has 6 nitrogen and oxygen atoms in total. The summed E-state index contributed by atoms with van der Waals surface area (Å²) in [4.78, 5) is 4.66. The lowest BCUT2D eigenvalue weighted by atomic mass is 9.85. The van der Waals surface area contributed by atoms with Gasteiger partial charge in [0.2, 0.25) is 11.7 Å². The van der Waals surface area contributed by atoms with E-state index in [2.05, 4.69) is 10.1 Å². The van der Waals surface area contributed by atoms with Crippen molar-refractivity contribution in [2.45, 2.75) is 63.0 Å². The van der Waals surface area contributed by atoms with Crippen LogP contribution in [0.1, 0.15) is 63.1 Å². The zero-order valence-electron chi connectivity index (χ0n) is 12.7. The average molecular weight is 295 g/mol. The minimum atomic E-state index is -0.451. The van der Waals surface area contributed by atoms with Crippen molar-refractivity contribution in [3.8, 4) is 0 Å². The van der Waals surface area contributed by atoms with Crippen LogP contribution in [0.25, 0.3) is 0 Å². The van der Waals surface area contributed by atoms with Crippen molar-refractivity contribution in [2.24, 2.45) is 5.73 Å². The molecule has 1 aromatic heterocycles. The number of nitrogens with two attached hydrogens (primary N) is 1. The highest BCUT2D eigenvalue weighted by molar-refractivity contribution is 5.07. The number of ether oxygens (including phenoxy) is 2. The van der Waals surface area contributed by atoms with Crippen molar-refractivity contribution in [3.05, 3.63) is 11.7 Å². The highest BCUT2D eigenvalue weighted by atomic mass is 16.5. The van der Waals surface area contributed by atoms with Crippen LogP contribution < -0.4 is 5.73 Å². The van der Waals surface area contributed by atoms with Gasteiger partial charge in [-0.15, -0.1) is 0 Å². The molecule has 1 saturated carbocycles. The van der Waals surface area contributed by atoms with Crippen molar-refractivity contribution >= 4 is 0 Å². The molecule has 2 fully saturated rings. The van der Waals surface area contributed by atoms with Crippen LogP contribution in [0.3, 0.4) is 0 Å². The van der Waals surface area contributed by atoms with Crippen LogP contribution in [0.15, 0.2) is 4.52 Å². The summed E-state index contributed by atoms with van der Waals surface area (Å²) in [5, 5.41) is 4.22. The van der Waals surface area contributed by atoms with Crippen LogP contribution in [-0.4, -0.2) is 36.0 Å². The number of hydrogen-bond acceptors (Lipinski definition) is 6. The standard InChI is InChI=1S/C15H25N3O3/c1-2-20-15(7-9-19-10-8-15)14-17-13(21-18-14)11-5-3-4-6-12(11)16/h11-12H,2-10,16H2,1H3. The average Bonchev–Trinajstić information content (AvgIpc) is 2.99. The summed E-state index contributed by atoms with van der Waals surface area (Å²) in [7, 11) is 0. The Kier molecular flexibility index (Phi) is 4.57. The van der Waals surface area contributed by atoms with Gasteiger partial charge in [0.25, 0.3) is 0 Å². The fourth-order valence-electron chi connectivity index (χ4n) is 3.45. The van der Waals surface area contributed by atoms with E-state index in [-0.39, 0.29) is 12.0 Å². The molecule has 118 valence electrons. The second-order valence-electron chi connectivity index (χ2n) is 6.05. The Morgan fingerprint density at radius 2 is 2.05 bits per heavy atom. The third kappa shape index (κ3) is 2.98. The van der Waals surface area contributed by atoms with Gasteiger partial charge in [0.05, 0.1) is 5.92 Å². The Morgan fingerprint density at radius 3 is 2.76 bits per heavy atom. The summed E-state index contributed by atoms with van der Waals surface area (Å²) >= 11 is 0. The maximum absolute atomic E-state index is 6.21. The molecule has 2 N–H and O–H groups in total. The molecule has 0 spiro atoms. The summed E-state index contributed by atoms with van der Waals surface area (Å²) in [6.45, 7) is 3.97. The van der Waals surface area contributed by atoms with E-state index in [1.807, 2.05) is 6.92 Å². The van der Waals surface area contributed by atoms with Gasteiger partial charge in [0.1, 0.15) is 5.60 Å². The Hall–Kier alpha value is -0.980. The van der Waals surface area contributed by atoms with E-state index in [0.29, 0.717) is 31.5 Å². The lowest BCUT2D eigenvalue weighted by molar-refractivity contribution is -0.118. The van der Waals surface area contributed by atoms with Gasteiger partial charge in [-0.2, -0.15) is 4.98 Å². The quantitative estimate of drug-likeness (QED) is 0.915. The zero-order valence-corrected chi connectivity index (χ0v) is 12.7. The molecule has 2 atom stereocenters. The molecule has 2 heterocycles. The zero-order chi connectivity index (χ0) is 14.7. The first-order valence-electron chi connectivity index (χ1n) is 8.06. The lowest BCUT2D eigenvalue weighted by Gasteiger charge is -2.33. The molecule has 0 radical (unpaired) electrons. The smallest absolute Gasteiger partial charge is 0.231 e. The summed E-state index contributed by atoms with van der Waals surface area (Å²) in [6, 6.07) is 0.129. The molecule has 2 unspecified atom stereocenters. The Bertz CT molecular complexity index is 451. The fourth-order valence-corrected chi connectivity index (χ4v) is 3.45. The molecule has 2 aliphatic rings. The van der Waals surface area contributed by atoms with Crippen LogP contribution in [-0.2, 0) is 15.1 Å². The molecule has 0 amide bonds. The summed E-state index contributed by atoms with van der Waals surface area (Å²) < 4.78 is 17.0. The van der Waals surface area contributed by atoms with Gasteiger partial charge in [0, 0.05) is 38.7 Å². The second kappa shape index (κ2) is 6.42. The molecule has 21 heavy (non-hydrogen) atoms. The molecule has 1 aliphatic carbocycles. The first kappa shape index (κ1) is 14.9. The third-order valence-corrected chi connectivity index (χ3v) is 4.71. The van der Waals surface area contributed by atoms with Crippen molar-refractivity contribution in [2.75, 3.05) is 19.8 Å². The van der Waals surface area contributed by atoms with Gasteiger partial charge in [0.15, 0.2) is 0 Å². The molecular formula is C15H25N3O3. The molecule has 1 aromatic rings. The van der Waals surface area contributed by atoms with Gasteiger partial charge in [-0.3, -0.25) is 0 Å². The number of nitrogens with zero attached hydrogens (tertiary/aromatic N) is 2. The van der Waals surface area contributed by atoms with Gasteiger partial charge >= 0.3 is 0 Å². The van der Waals surface area contributed by atoms with Crippen LogP contribution in [0, 0.1) is 0 Å². The summed E-state index contributed by atoms with van der Waals surface area (Å²) in [6.07, 6.45) is 5.99. The van der Waals surface area contributed by atoms with Crippen LogP contribution >= 0.6 is 0 Å². The van der Waals surface area contributed by atoms with Crippen LogP contribution in [0.5, 0.6) is 0 Å². The van der Waals surface area contributed by atoms with Gasteiger partial charge in [-0.05, 0) is 19.8 Å². The van der Waals surface area contributed by atoms with Crippen molar-refractivity contribution in [1.82, 2.24) is 10.1 Å². The van der Waals surface area contributed by atoms with E-state index < -0.39 is 5.60 Å². The largest absolute Gasteiger partial charge is 0.381 e. The summed E-state index contributed by atoms with van der Waals surface area (Å²) in [5.41, 5.74) is 5.76. The van der Waals surface area contributed by atoms with Gasteiger partial charge in [-0.25, -0.2) is 0 Å². The molecule has 1 aliphatic heterocycles. The summed E-state index contributed by atoms with van der Waals surface area (Å²) in [5.74, 6) is 1.54. The van der Waals surface area contributed by atoms with Crippen LogP contribution in [0.2, 0.25) is 0 Å². The van der Waals surface area contributed by atoms with Crippen molar-refractivity contribution < 1.29 is 14.0 Å². The van der Waals surface area contributed by atoms with Crippen molar-refractivity contribution in [3.63, 3.8) is 0 Å². The van der Waals surface area contributed by atoms with Crippen molar-refractivity contribution in [1.29, 1.82) is 0 Å². The van der Waals surface area contributed by atoms with E-state index in [4.69, 9.17) is 19.7 Å². The lowest BCUT2D eigenvalue weighted by Crippen LogP contribution is -2.38. The van der Waals surface area contributed by atoms with E-state index in [1.54, 1.807) is 0 Å². The molecular weight excluding hydrogens is 270 g/mol. The molecule has 6 heteroatoms. The van der Waals surface area contributed by atoms with E-state index in [9.17, 15) is 0 Å². The van der Waals surface area contributed by atoms with Crippen LogP contribution in [0.4, 0.5) is 0 Å². The maximum Gasteiger partial charge on any atom is 0.231 e. The molecule has 3 rings (SSSR count). The van der Waals surface area contributed by atoms with E-state index in [0.717, 1.165) is 25.7 Å². The fraction of sp³-hybridized carbons (Fsp3) is 0.867. The highest BCUT2D eigenvalue weighted by Crippen LogP contribution is 2.36. The first-order valence-corrected chi connectivity index (χ1v) is 8.06. The maximum atomic E-state index is 6.21. The normalized spacial score (nSPS) is 29.4. The monoisotopic (exact) mass is 295 g/mol. The first-order chi connectivity index (χ1) is 10.2. The minimum absolute atomic E-state index is 0.129. The number of aromatic nitrogens is 2. The molecule has 0 aromatic carbocycles.